The van der Waals surface area contributed by atoms with Gasteiger partial charge in [-0.3, -0.25) is 14.2 Å². The summed E-state index contributed by atoms with van der Waals surface area (Å²) >= 11 is 1.33. The van der Waals surface area contributed by atoms with Crippen molar-refractivity contribution in [2.24, 2.45) is 0 Å². The van der Waals surface area contributed by atoms with E-state index in [2.05, 4.69) is 31.1 Å². The Morgan fingerprint density at radius 1 is 1.18 bits per heavy atom. The summed E-state index contributed by atoms with van der Waals surface area (Å²) in [6.45, 7) is 1.54. The van der Waals surface area contributed by atoms with Gasteiger partial charge in [-0.25, -0.2) is 0 Å². The van der Waals surface area contributed by atoms with Crippen LogP contribution in [0.2, 0.25) is 0 Å². The van der Waals surface area contributed by atoms with Crippen molar-refractivity contribution >= 4 is 40.0 Å². The van der Waals surface area contributed by atoms with Crippen molar-refractivity contribution in [2.45, 2.75) is 31.0 Å². The normalized spacial score (nSPS) is 14.5. The lowest BCUT2D eigenvalue weighted by atomic mass is 10.1. The predicted octanol–water partition coefficient (Wildman–Crippen LogP) is 4.42. The zero-order chi connectivity index (χ0) is 23.2. The third-order valence-electron chi connectivity index (χ3n) is 5.91. The molecule has 1 aliphatic heterocycles. The van der Waals surface area contributed by atoms with Crippen molar-refractivity contribution in [1.82, 2.24) is 19.7 Å². The van der Waals surface area contributed by atoms with Crippen LogP contribution in [0.15, 0.2) is 47.8 Å². The van der Waals surface area contributed by atoms with Gasteiger partial charge in [0.1, 0.15) is 0 Å². The number of hydrogen-bond donors (Lipinski definition) is 2. The lowest BCUT2D eigenvalue weighted by Gasteiger charge is -2.11. The second-order valence-corrected chi connectivity index (χ2v) is 9.24. The number of carbonyl (C=O) groups excluding carboxylic acids is 2. The number of benzene rings is 2. The van der Waals surface area contributed by atoms with Crippen LogP contribution in [0.3, 0.4) is 0 Å². The number of rotatable bonds is 7. The summed E-state index contributed by atoms with van der Waals surface area (Å²) in [7, 11) is 0. The molecule has 3 heterocycles. The molecule has 9 nitrogen and oxygen atoms in total. The fourth-order valence-corrected chi connectivity index (χ4v) is 4.94. The number of hydrogen-bond acceptors (Lipinski definition) is 7. The fourth-order valence-electron chi connectivity index (χ4n) is 4.13. The topological polar surface area (TPSA) is 111 Å². The summed E-state index contributed by atoms with van der Waals surface area (Å²) in [6, 6.07) is 11.7. The Balaban J connectivity index is 1.23. The van der Waals surface area contributed by atoms with E-state index in [1.54, 1.807) is 12.1 Å². The first-order valence-corrected chi connectivity index (χ1v) is 12.0. The number of nitrogens with zero attached hydrogens (tertiary/aromatic N) is 3. The minimum absolute atomic E-state index is 0.0928. The van der Waals surface area contributed by atoms with Crippen LogP contribution in [-0.2, 0) is 4.79 Å². The number of para-hydroxylation sites is 1. The largest absolute Gasteiger partial charge is 0.454 e. The molecule has 0 atom stereocenters. The van der Waals surface area contributed by atoms with Gasteiger partial charge in [-0.05, 0) is 31.9 Å². The molecule has 6 rings (SSSR count). The van der Waals surface area contributed by atoms with Crippen LogP contribution >= 0.6 is 11.8 Å². The highest BCUT2D eigenvalue weighted by atomic mass is 32.2. The zero-order valence-electron chi connectivity index (χ0n) is 18.3. The molecule has 10 heteroatoms. The number of amides is 1. The van der Waals surface area contributed by atoms with E-state index < -0.39 is 0 Å². The highest BCUT2D eigenvalue weighted by Crippen LogP contribution is 2.42. The van der Waals surface area contributed by atoms with Gasteiger partial charge in [-0.1, -0.05) is 30.0 Å². The van der Waals surface area contributed by atoms with Crippen molar-refractivity contribution in [3.05, 3.63) is 48.2 Å². The van der Waals surface area contributed by atoms with E-state index in [-0.39, 0.29) is 24.2 Å². The van der Waals surface area contributed by atoms with Crippen molar-refractivity contribution in [3.63, 3.8) is 0 Å². The summed E-state index contributed by atoms with van der Waals surface area (Å²) < 4.78 is 12.9. The van der Waals surface area contributed by atoms with Gasteiger partial charge < -0.3 is 19.8 Å². The van der Waals surface area contributed by atoms with Gasteiger partial charge in [0.25, 0.3) is 0 Å². The number of anilines is 1. The van der Waals surface area contributed by atoms with Gasteiger partial charge in [0.05, 0.1) is 11.4 Å². The lowest BCUT2D eigenvalue weighted by molar-refractivity contribution is -0.113. The summed E-state index contributed by atoms with van der Waals surface area (Å²) in [5.74, 6) is 1.52. The molecule has 1 saturated carbocycles. The Morgan fingerprint density at radius 3 is 2.76 bits per heavy atom. The molecule has 1 aliphatic carbocycles. The number of aromatic amines is 1. The molecule has 172 valence electrons. The van der Waals surface area contributed by atoms with Crippen LogP contribution in [0, 0.1) is 0 Å². The molecule has 0 unspecified atom stereocenters. The van der Waals surface area contributed by atoms with Gasteiger partial charge in [-0.2, -0.15) is 0 Å². The number of nitrogens with one attached hydrogen (secondary N) is 2. The maximum Gasteiger partial charge on any atom is 0.234 e. The smallest absolute Gasteiger partial charge is 0.234 e. The first kappa shape index (κ1) is 20.8. The quantitative estimate of drug-likeness (QED) is 0.301. The Morgan fingerprint density at radius 2 is 1.97 bits per heavy atom. The SMILES string of the molecule is CC(=O)c1cc2c(cc1NC(=O)CSc1nnc(-c3c[nH]c4ccccc34)n1C1CC1)OCO2. The summed E-state index contributed by atoms with van der Waals surface area (Å²) in [5.41, 5.74) is 2.83. The minimum atomic E-state index is -0.245. The van der Waals surface area contributed by atoms with Crippen molar-refractivity contribution < 1.29 is 19.1 Å². The Kier molecular flexibility index (Phi) is 5.02. The van der Waals surface area contributed by atoms with Gasteiger partial charge >= 0.3 is 0 Å². The number of H-pyrrole nitrogens is 1. The van der Waals surface area contributed by atoms with Crippen LogP contribution < -0.4 is 14.8 Å². The second kappa shape index (κ2) is 8.21. The Labute approximate surface area is 198 Å². The van der Waals surface area contributed by atoms with E-state index in [0.29, 0.717) is 33.9 Å². The molecule has 0 radical (unpaired) electrons. The van der Waals surface area contributed by atoms with Gasteiger partial charge in [0, 0.05) is 40.3 Å². The van der Waals surface area contributed by atoms with Gasteiger partial charge in [0.15, 0.2) is 28.3 Å². The average molecular weight is 476 g/mol. The van der Waals surface area contributed by atoms with Crippen LogP contribution in [-0.4, -0.2) is 44.0 Å². The molecule has 2 aliphatic rings. The fraction of sp³-hybridized carbons (Fsp3) is 0.250. The summed E-state index contributed by atoms with van der Waals surface area (Å²) in [6.07, 6.45) is 4.08. The average Bonchev–Trinajstić information content (AvgIpc) is 3.22. The van der Waals surface area contributed by atoms with Crippen LogP contribution in [0.4, 0.5) is 5.69 Å². The van der Waals surface area contributed by atoms with Gasteiger partial charge in [0.2, 0.25) is 12.7 Å². The summed E-state index contributed by atoms with van der Waals surface area (Å²) in [5, 5.41) is 13.5. The maximum atomic E-state index is 12.8. The number of ketones is 1. The lowest BCUT2D eigenvalue weighted by Crippen LogP contribution is -2.16. The predicted molar refractivity (Wildman–Crippen MR) is 128 cm³/mol. The van der Waals surface area contributed by atoms with Crippen LogP contribution in [0.25, 0.3) is 22.3 Å². The molecule has 34 heavy (non-hydrogen) atoms. The van der Waals surface area contributed by atoms with Gasteiger partial charge in [-0.15, -0.1) is 10.2 Å². The molecule has 2 aromatic heterocycles. The maximum absolute atomic E-state index is 12.8. The number of ether oxygens (including phenoxy) is 2. The third kappa shape index (κ3) is 3.69. The molecular formula is C24H21N5O4S. The molecule has 0 spiro atoms. The van der Waals surface area contributed by atoms with Crippen molar-refractivity contribution in [2.75, 3.05) is 17.9 Å². The summed E-state index contributed by atoms with van der Waals surface area (Å²) in [4.78, 5) is 28.2. The first-order chi connectivity index (χ1) is 16.6. The molecule has 1 fully saturated rings. The molecular weight excluding hydrogens is 454 g/mol. The number of carbonyl (C=O) groups is 2. The molecule has 0 bridgehead atoms. The third-order valence-corrected chi connectivity index (χ3v) is 6.85. The number of fused-ring (bicyclic) bond motifs is 2. The Bertz CT molecular complexity index is 1440. The molecule has 0 saturated heterocycles. The van der Waals surface area contributed by atoms with E-state index in [1.807, 2.05) is 24.4 Å². The molecule has 2 N–H and O–H groups in total. The van der Waals surface area contributed by atoms with Crippen molar-refractivity contribution in [1.29, 1.82) is 0 Å². The van der Waals surface area contributed by atoms with E-state index in [0.717, 1.165) is 35.1 Å². The molecule has 4 aromatic rings. The zero-order valence-corrected chi connectivity index (χ0v) is 19.1. The first-order valence-electron chi connectivity index (χ1n) is 11.0. The molecule has 2 aromatic carbocycles. The minimum Gasteiger partial charge on any atom is -0.454 e. The van der Waals surface area contributed by atoms with E-state index >= 15 is 0 Å². The second-order valence-electron chi connectivity index (χ2n) is 8.30. The van der Waals surface area contributed by atoms with Crippen LogP contribution in [0.1, 0.15) is 36.2 Å². The van der Waals surface area contributed by atoms with Crippen LogP contribution in [0.5, 0.6) is 11.5 Å². The van der Waals surface area contributed by atoms with E-state index in [9.17, 15) is 9.59 Å². The standard InChI is InChI=1S/C24H21N5O4S/c1-13(30)16-8-20-21(33-12-32-20)9-19(16)26-22(31)11-34-24-28-27-23(29(24)14-6-7-14)17-10-25-18-5-3-2-4-15(17)18/h2-5,8-10,14,25H,6-7,11-12H2,1H3,(H,26,31). The van der Waals surface area contributed by atoms with E-state index in [4.69, 9.17) is 9.47 Å². The van der Waals surface area contributed by atoms with E-state index in [1.165, 1.54) is 18.7 Å². The Hall–Kier alpha value is -3.79. The highest BCUT2D eigenvalue weighted by Gasteiger charge is 2.31. The number of aromatic nitrogens is 4. The monoisotopic (exact) mass is 475 g/mol. The van der Waals surface area contributed by atoms with Crippen molar-refractivity contribution in [3.8, 4) is 22.9 Å². The highest BCUT2D eigenvalue weighted by molar-refractivity contribution is 7.99. The number of thioether (sulfide) groups is 1. The molecule has 1 amide bonds. The number of Topliss-reactive ketones (excluding diaryl/α,β-unsaturated/α-hetero) is 1.